The summed E-state index contributed by atoms with van der Waals surface area (Å²) < 4.78 is 0. The summed E-state index contributed by atoms with van der Waals surface area (Å²) in [5.41, 5.74) is 5.68. The van der Waals surface area contributed by atoms with Crippen LogP contribution in [0, 0.1) is 5.41 Å². The molecule has 2 aliphatic rings. The summed E-state index contributed by atoms with van der Waals surface area (Å²) in [4.78, 5) is 14.4. The van der Waals surface area contributed by atoms with Crippen LogP contribution in [-0.4, -0.2) is 42.5 Å². The molecule has 2 unspecified atom stereocenters. The van der Waals surface area contributed by atoms with E-state index in [0.29, 0.717) is 17.5 Å². The van der Waals surface area contributed by atoms with Crippen molar-refractivity contribution in [2.24, 2.45) is 11.1 Å². The molecule has 4 heteroatoms. The molecular formula is C17H33N3O. The first-order chi connectivity index (χ1) is 9.80. The Balaban J connectivity index is 1.99. The number of likely N-dealkylation sites (N-methyl/N-ethyl adjacent to an activating group) is 1. The molecule has 21 heavy (non-hydrogen) atoms. The standard InChI is InChI=1S/C17H33N3O/c1-16(2)10-7-13(8-11-16)20(4)14-6-5-9-17(12-14,19-3)15(18)21/h13-14,19H,5-12H2,1-4H3,(H2,18,21). The molecule has 2 saturated carbocycles. The van der Waals surface area contributed by atoms with Gasteiger partial charge in [0, 0.05) is 12.1 Å². The molecule has 0 saturated heterocycles. The molecule has 0 bridgehead atoms. The van der Waals surface area contributed by atoms with Crippen LogP contribution < -0.4 is 11.1 Å². The molecular weight excluding hydrogens is 262 g/mol. The second-order valence-electron chi connectivity index (χ2n) is 8.01. The highest BCUT2D eigenvalue weighted by molar-refractivity contribution is 5.84. The summed E-state index contributed by atoms with van der Waals surface area (Å²) in [6.45, 7) is 4.76. The molecule has 0 aliphatic heterocycles. The molecule has 3 N–H and O–H groups in total. The highest BCUT2D eigenvalue weighted by atomic mass is 16.1. The van der Waals surface area contributed by atoms with E-state index in [1.54, 1.807) is 0 Å². The largest absolute Gasteiger partial charge is 0.368 e. The maximum absolute atomic E-state index is 11.9. The fraction of sp³-hybridized carbons (Fsp3) is 0.941. The van der Waals surface area contributed by atoms with Crippen molar-refractivity contribution in [3.63, 3.8) is 0 Å². The molecule has 0 spiro atoms. The third-order valence-corrected chi connectivity index (χ3v) is 6.14. The van der Waals surface area contributed by atoms with Gasteiger partial charge in [-0.3, -0.25) is 4.79 Å². The first kappa shape index (κ1) is 16.8. The van der Waals surface area contributed by atoms with Crippen molar-refractivity contribution in [2.45, 2.75) is 82.8 Å². The predicted molar refractivity (Wildman–Crippen MR) is 87.0 cm³/mol. The van der Waals surface area contributed by atoms with Crippen molar-refractivity contribution in [2.75, 3.05) is 14.1 Å². The van der Waals surface area contributed by atoms with E-state index in [2.05, 4.69) is 31.1 Å². The van der Waals surface area contributed by atoms with Crippen molar-refractivity contribution in [3.8, 4) is 0 Å². The highest BCUT2D eigenvalue weighted by Gasteiger charge is 2.42. The Morgan fingerprint density at radius 1 is 1.14 bits per heavy atom. The summed E-state index contributed by atoms with van der Waals surface area (Å²) in [7, 11) is 4.12. The van der Waals surface area contributed by atoms with Crippen LogP contribution in [-0.2, 0) is 4.79 Å². The lowest BCUT2D eigenvalue weighted by Gasteiger charge is -2.46. The Morgan fingerprint density at radius 3 is 2.29 bits per heavy atom. The Kier molecular flexibility index (Phi) is 4.99. The van der Waals surface area contributed by atoms with Gasteiger partial charge in [-0.15, -0.1) is 0 Å². The van der Waals surface area contributed by atoms with E-state index in [0.717, 1.165) is 19.3 Å². The van der Waals surface area contributed by atoms with E-state index in [4.69, 9.17) is 5.73 Å². The van der Waals surface area contributed by atoms with Crippen LogP contribution >= 0.6 is 0 Å². The first-order valence-corrected chi connectivity index (χ1v) is 8.50. The predicted octanol–water partition coefficient (Wildman–Crippen LogP) is 2.27. The van der Waals surface area contributed by atoms with Crippen LogP contribution in [0.4, 0.5) is 0 Å². The Labute approximate surface area is 129 Å². The molecule has 0 radical (unpaired) electrons. The van der Waals surface area contributed by atoms with Gasteiger partial charge in [-0.2, -0.15) is 0 Å². The zero-order valence-corrected chi connectivity index (χ0v) is 14.2. The SMILES string of the molecule is CNC1(C(N)=O)CCCC(N(C)C2CCC(C)(C)CC2)C1. The molecule has 0 heterocycles. The number of nitrogens with two attached hydrogens (primary N) is 1. The Morgan fingerprint density at radius 2 is 1.76 bits per heavy atom. The highest BCUT2D eigenvalue weighted by Crippen LogP contribution is 2.39. The lowest BCUT2D eigenvalue weighted by Crippen LogP contribution is -2.60. The number of primary amides is 1. The van der Waals surface area contributed by atoms with Gasteiger partial charge < -0.3 is 16.0 Å². The average Bonchev–Trinajstić information content (AvgIpc) is 2.46. The zero-order chi connectivity index (χ0) is 15.7. The Bertz CT molecular complexity index is 372. The quantitative estimate of drug-likeness (QED) is 0.836. The van der Waals surface area contributed by atoms with Crippen LogP contribution in [0.2, 0.25) is 0 Å². The molecule has 2 rings (SSSR count). The molecule has 4 nitrogen and oxygen atoms in total. The van der Waals surface area contributed by atoms with Gasteiger partial charge in [0.1, 0.15) is 0 Å². The van der Waals surface area contributed by atoms with Crippen LogP contribution in [0.1, 0.15) is 65.2 Å². The number of carbonyl (C=O) groups excluding carboxylic acids is 1. The molecule has 0 aromatic rings. The van der Waals surface area contributed by atoms with E-state index in [1.165, 1.54) is 32.1 Å². The van der Waals surface area contributed by atoms with E-state index in [1.807, 2.05) is 7.05 Å². The van der Waals surface area contributed by atoms with Gasteiger partial charge in [-0.05, 0) is 70.9 Å². The molecule has 0 aromatic heterocycles. The number of carbonyl (C=O) groups is 1. The maximum Gasteiger partial charge on any atom is 0.237 e. The molecule has 0 aromatic carbocycles. The number of hydrogen-bond donors (Lipinski definition) is 2. The minimum Gasteiger partial charge on any atom is -0.368 e. The van der Waals surface area contributed by atoms with E-state index < -0.39 is 5.54 Å². The third-order valence-electron chi connectivity index (χ3n) is 6.14. The maximum atomic E-state index is 11.9. The number of rotatable bonds is 4. The normalized spacial score (nSPS) is 34.0. The summed E-state index contributed by atoms with van der Waals surface area (Å²) in [6, 6.07) is 1.15. The monoisotopic (exact) mass is 295 g/mol. The summed E-state index contributed by atoms with van der Waals surface area (Å²) in [5.74, 6) is -0.187. The zero-order valence-electron chi connectivity index (χ0n) is 14.2. The first-order valence-electron chi connectivity index (χ1n) is 8.50. The van der Waals surface area contributed by atoms with Gasteiger partial charge in [0.05, 0.1) is 5.54 Å². The molecule has 2 aliphatic carbocycles. The van der Waals surface area contributed by atoms with Gasteiger partial charge in [0.25, 0.3) is 0 Å². The van der Waals surface area contributed by atoms with Gasteiger partial charge in [-0.25, -0.2) is 0 Å². The number of amides is 1. The number of hydrogen-bond acceptors (Lipinski definition) is 3. The molecule has 2 fully saturated rings. The molecule has 122 valence electrons. The lowest BCUT2D eigenvalue weighted by atomic mass is 9.73. The van der Waals surface area contributed by atoms with Gasteiger partial charge >= 0.3 is 0 Å². The minimum atomic E-state index is -0.495. The third kappa shape index (κ3) is 3.59. The second kappa shape index (κ2) is 6.25. The van der Waals surface area contributed by atoms with E-state index in [-0.39, 0.29) is 5.91 Å². The summed E-state index contributed by atoms with van der Waals surface area (Å²) in [6.07, 6.45) is 9.18. The van der Waals surface area contributed by atoms with Gasteiger partial charge in [0.15, 0.2) is 0 Å². The molecule has 2 atom stereocenters. The summed E-state index contributed by atoms with van der Waals surface area (Å²) in [5, 5.41) is 3.22. The van der Waals surface area contributed by atoms with Crippen LogP contribution in [0.15, 0.2) is 0 Å². The van der Waals surface area contributed by atoms with Crippen molar-refractivity contribution in [1.29, 1.82) is 0 Å². The van der Waals surface area contributed by atoms with Crippen LogP contribution in [0.5, 0.6) is 0 Å². The van der Waals surface area contributed by atoms with Crippen molar-refractivity contribution in [1.82, 2.24) is 10.2 Å². The Hall–Kier alpha value is -0.610. The number of nitrogens with zero attached hydrogens (tertiary/aromatic N) is 1. The molecule has 1 amide bonds. The van der Waals surface area contributed by atoms with Crippen molar-refractivity contribution in [3.05, 3.63) is 0 Å². The fourth-order valence-corrected chi connectivity index (χ4v) is 4.26. The summed E-state index contributed by atoms with van der Waals surface area (Å²) >= 11 is 0. The van der Waals surface area contributed by atoms with Crippen LogP contribution in [0.3, 0.4) is 0 Å². The van der Waals surface area contributed by atoms with E-state index in [9.17, 15) is 4.79 Å². The van der Waals surface area contributed by atoms with Crippen molar-refractivity contribution >= 4 is 5.91 Å². The smallest absolute Gasteiger partial charge is 0.237 e. The fourth-order valence-electron chi connectivity index (χ4n) is 4.26. The average molecular weight is 295 g/mol. The topological polar surface area (TPSA) is 58.4 Å². The van der Waals surface area contributed by atoms with Crippen LogP contribution in [0.25, 0.3) is 0 Å². The minimum absolute atomic E-state index is 0.187. The van der Waals surface area contributed by atoms with E-state index >= 15 is 0 Å². The van der Waals surface area contributed by atoms with Gasteiger partial charge in [-0.1, -0.05) is 13.8 Å². The second-order valence-corrected chi connectivity index (χ2v) is 8.01. The lowest BCUT2D eigenvalue weighted by molar-refractivity contribution is -0.126. The number of nitrogens with one attached hydrogen (secondary N) is 1. The van der Waals surface area contributed by atoms with Gasteiger partial charge in [0.2, 0.25) is 5.91 Å². The van der Waals surface area contributed by atoms with Crippen molar-refractivity contribution < 1.29 is 4.79 Å².